The molecule has 0 aliphatic carbocycles. The van der Waals surface area contributed by atoms with Crippen molar-refractivity contribution in [2.75, 3.05) is 0 Å². The van der Waals surface area contributed by atoms with Crippen LogP contribution in [0.15, 0.2) is 34.8 Å². The second-order valence-electron chi connectivity index (χ2n) is 4.14. The van der Waals surface area contributed by atoms with Gasteiger partial charge >= 0.3 is 6.18 Å². The number of nitrogens with zero attached hydrogens (tertiary/aromatic N) is 1. The van der Waals surface area contributed by atoms with Crippen molar-refractivity contribution in [3.63, 3.8) is 0 Å². The Bertz CT molecular complexity index is 679. The topological polar surface area (TPSA) is 33.1 Å². The Kier molecular flexibility index (Phi) is 4.82. The SMILES string of the molecule is OC(c1cc(Br)ccc1Cl)c1ccc(C(F)(F)F)nc1Cl. The molecule has 0 amide bonds. The highest BCUT2D eigenvalue weighted by Gasteiger charge is 2.33. The lowest BCUT2D eigenvalue weighted by atomic mass is 10.0. The first kappa shape index (κ1) is 16.5. The molecule has 2 nitrogen and oxygen atoms in total. The van der Waals surface area contributed by atoms with Crippen LogP contribution < -0.4 is 0 Å². The number of aliphatic hydroxyl groups excluding tert-OH is 1. The Morgan fingerprint density at radius 2 is 1.76 bits per heavy atom. The number of alkyl halides is 3. The van der Waals surface area contributed by atoms with E-state index in [0.29, 0.717) is 10.0 Å². The molecule has 0 saturated carbocycles. The lowest BCUT2D eigenvalue weighted by Gasteiger charge is -2.16. The minimum Gasteiger partial charge on any atom is -0.383 e. The van der Waals surface area contributed by atoms with Crippen LogP contribution in [0.25, 0.3) is 0 Å². The van der Waals surface area contributed by atoms with Gasteiger partial charge in [-0.3, -0.25) is 0 Å². The van der Waals surface area contributed by atoms with E-state index in [1.165, 1.54) is 0 Å². The van der Waals surface area contributed by atoms with Crippen LogP contribution in [0.2, 0.25) is 10.2 Å². The molecule has 2 rings (SSSR count). The molecule has 0 saturated heterocycles. The van der Waals surface area contributed by atoms with E-state index < -0.39 is 23.1 Å². The summed E-state index contributed by atoms with van der Waals surface area (Å²) in [5.74, 6) is 0. The van der Waals surface area contributed by atoms with Crippen LogP contribution >= 0.6 is 39.1 Å². The molecule has 2 aromatic rings. The van der Waals surface area contributed by atoms with Gasteiger partial charge in [0.2, 0.25) is 0 Å². The maximum atomic E-state index is 12.5. The molecule has 1 atom stereocenters. The third kappa shape index (κ3) is 3.69. The molecule has 0 aliphatic rings. The van der Waals surface area contributed by atoms with E-state index in [4.69, 9.17) is 23.2 Å². The molecule has 112 valence electrons. The van der Waals surface area contributed by atoms with Gasteiger partial charge in [0.15, 0.2) is 0 Å². The summed E-state index contributed by atoms with van der Waals surface area (Å²) in [7, 11) is 0. The maximum Gasteiger partial charge on any atom is 0.433 e. The molecule has 8 heteroatoms. The fourth-order valence-electron chi connectivity index (χ4n) is 1.70. The molecule has 0 fully saturated rings. The van der Waals surface area contributed by atoms with Gasteiger partial charge in [0.1, 0.15) is 17.0 Å². The van der Waals surface area contributed by atoms with Gasteiger partial charge < -0.3 is 5.11 Å². The Labute approximate surface area is 136 Å². The molecule has 0 bridgehead atoms. The number of pyridine rings is 1. The van der Waals surface area contributed by atoms with E-state index in [2.05, 4.69) is 20.9 Å². The number of aromatic nitrogens is 1. The Morgan fingerprint density at radius 1 is 1.10 bits per heavy atom. The molecule has 1 aromatic carbocycles. The highest BCUT2D eigenvalue weighted by molar-refractivity contribution is 9.10. The molecule has 21 heavy (non-hydrogen) atoms. The van der Waals surface area contributed by atoms with Gasteiger partial charge in [0.25, 0.3) is 0 Å². The third-order valence-electron chi connectivity index (χ3n) is 2.72. The second-order valence-corrected chi connectivity index (χ2v) is 5.82. The predicted octanol–water partition coefficient (Wildman–Crippen LogP) is 5.25. The lowest BCUT2D eigenvalue weighted by molar-refractivity contribution is -0.141. The summed E-state index contributed by atoms with van der Waals surface area (Å²) in [6, 6.07) is 6.62. The van der Waals surface area contributed by atoms with E-state index in [0.717, 1.165) is 12.1 Å². The summed E-state index contributed by atoms with van der Waals surface area (Å²) in [5, 5.41) is 10.1. The van der Waals surface area contributed by atoms with Crippen LogP contribution in [0, 0.1) is 0 Å². The maximum absolute atomic E-state index is 12.5. The van der Waals surface area contributed by atoms with Crippen LogP contribution in [0.3, 0.4) is 0 Å². The van der Waals surface area contributed by atoms with Crippen molar-refractivity contribution < 1.29 is 18.3 Å². The molecular formula is C13H7BrCl2F3NO. The van der Waals surface area contributed by atoms with Crippen LogP contribution in [-0.4, -0.2) is 10.1 Å². The number of halogens is 6. The Morgan fingerprint density at radius 3 is 2.33 bits per heavy atom. The highest BCUT2D eigenvalue weighted by atomic mass is 79.9. The normalized spacial score (nSPS) is 13.3. The number of hydrogen-bond acceptors (Lipinski definition) is 2. The van der Waals surface area contributed by atoms with Crippen LogP contribution in [0.4, 0.5) is 13.2 Å². The molecular weight excluding hydrogens is 394 g/mol. The Hall–Kier alpha value is -0.820. The van der Waals surface area contributed by atoms with Crippen LogP contribution in [0.1, 0.15) is 22.9 Å². The zero-order chi connectivity index (χ0) is 15.8. The number of aliphatic hydroxyl groups is 1. The average molecular weight is 401 g/mol. The fraction of sp³-hybridized carbons (Fsp3) is 0.154. The van der Waals surface area contributed by atoms with Gasteiger partial charge in [-0.2, -0.15) is 13.2 Å². The first-order valence-electron chi connectivity index (χ1n) is 5.57. The zero-order valence-corrected chi connectivity index (χ0v) is 13.2. The van der Waals surface area contributed by atoms with Crippen molar-refractivity contribution in [2.24, 2.45) is 0 Å². The van der Waals surface area contributed by atoms with Crippen LogP contribution in [0.5, 0.6) is 0 Å². The highest BCUT2D eigenvalue weighted by Crippen LogP contribution is 2.35. The molecule has 0 aliphatic heterocycles. The molecule has 1 aromatic heterocycles. The lowest BCUT2D eigenvalue weighted by Crippen LogP contribution is -2.10. The monoisotopic (exact) mass is 399 g/mol. The van der Waals surface area contributed by atoms with Gasteiger partial charge in [-0.25, -0.2) is 4.98 Å². The van der Waals surface area contributed by atoms with Crippen LogP contribution in [-0.2, 0) is 6.18 Å². The van der Waals surface area contributed by atoms with E-state index in [9.17, 15) is 18.3 Å². The molecule has 1 heterocycles. The first-order valence-corrected chi connectivity index (χ1v) is 7.11. The largest absolute Gasteiger partial charge is 0.433 e. The van der Waals surface area contributed by atoms with Gasteiger partial charge in [-0.15, -0.1) is 0 Å². The van der Waals surface area contributed by atoms with Crippen molar-refractivity contribution in [3.8, 4) is 0 Å². The number of hydrogen-bond donors (Lipinski definition) is 1. The summed E-state index contributed by atoms with van der Waals surface area (Å²) in [4.78, 5) is 3.27. The molecule has 1 N–H and O–H groups in total. The smallest absolute Gasteiger partial charge is 0.383 e. The predicted molar refractivity (Wildman–Crippen MR) is 77.5 cm³/mol. The van der Waals surface area contributed by atoms with E-state index in [1.807, 2.05) is 0 Å². The standard InChI is InChI=1S/C13H7BrCl2F3NO/c14-6-1-3-9(15)8(5-6)11(21)7-2-4-10(13(17,18)19)20-12(7)16/h1-5,11,21H. The third-order valence-corrected chi connectivity index (χ3v) is 3.86. The van der Waals surface area contributed by atoms with Crippen molar-refractivity contribution >= 4 is 39.1 Å². The summed E-state index contributed by atoms with van der Waals surface area (Å²) in [5.41, 5.74) is -0.761. The minimum atomic E-state index is -4.60. The van der Waals surface area contributed by atoms with Crippen molar-refractivity contribution in [2.45, 2.75) is 12.3 Å². The van der Waals surface area contributed by atoms with Gasteiger partial charge in [-0.05, 0) is 24.3 Å². The van der Waals surface area contributed by atoms with E-state index >= 15 is 0 Å². The number of rotatable bonds is 2. The second kappa shape index (κ2) is 6.12. The van der Waals surface area contributed by atoms with Crippen molar-refractivity contribution in [1.82, 2.24) is 4.98 Å². The minimum absolute atomic E-state index is 0.0460. The summed E-state index contributed by atoms with van der Waals surface area (Å²) >= 11 is 14.9. The zero-order valence-electron chi connectivity index (χ0n) is 10.1. The van der Waals surface area contributed by atoms with E-state index in [-0.39, 0.29) is 10.6 Å². The van der Waals surface area contributed by atoms with E-state index in [1.54, 1.807) is 18.2 Å². The quantitative estimate of drug-likeness (QED) is 0.698. The summed E-state index contributed by atoms with van der Waals surface area (Å²) in [6.07, 6.45) is -5.88. The summed E-state index contributed by atoms with van der Waals surface area (Å²) < 4.78 is 38.3. The molecule has 0 spiro atoms. The summed E-state index contributed by atoms with van der Waals surface area (Å²) in [6.45, 7) is 0. The molecule has 1 unspecified atom stereocenters. The average Bonchev–Trinajstić information content (AvgIpc) is 2.39. The fourth-order valence-corrected chi connectivity index (χ4v) is 2.56. The molecule has 0 radical (unpaired) electrons. The Balaban J connectivity index is 2.44. The van der Waals surface area contributed by atoms with Gasteiger partial charge in [0, 0.05) is 20.6 Å². The number of benzene rings is 1. The van der Waals surface area contributed by atoms with Gasteiger partial charge in [0.05, 0.1) is 0 Å². The van der Waals surface area contributed by atoms with Crippen molar-refractivity contribution in [1.29, 1.82) is 0 Å². The van der Waals surface area contributed by atoms with Crippen molar-refractivity contribution in [3.05, 3.63) is 61.8 Å². The van der Waals surface area contributed by atoms with Gasteiger partial charge in [-0.1, -0.05) is 45.2 Å². The first-order chi connectivity index (χ1) is 9.70.